The summed E-state index contributed by atoms with van der Waals surface area (Å²) in [5, 5.41) is 3.11. The predicted octanol–water partition coefficient (Wildman–Crippen LogP) is 1.19. The number of morpholine rings is 1. The smallest absolute Gasteiger partial charge is 0.276 e. The van der Waals surface area contributed by atoms with Crippen LogP contribution in [-0.4, -0.2) is 44.6 Å². The summed E-state index contributed by atoms with van der Waals surface area (Å²) < 4.78 is 37.5. The molecule has 0 spiro atoms. The van der Waals surface area contributed by atoms with E-state index in [-0.39, 0.29) is 17.2 Å². The lowest BCUT2D eigenvalue weighted by atomic mass is 10.2. The Morgan fingerprint density at radius 3 is 2.85 bits per heavy atom. The first-order valence-corrected chi connectivity index (χ1v) is 8.32. The van der Waals surface area contributed by atoms with Crippen LogP contribution in [0.25, 0.3) is 0 Å². The van der Waals surface area contributed by atoms with E-state index in [1.54, 1.807) is 6.07 Å². The zero-order valence-electron chi connectivity index (χ0n) is 12.1. The summed E-state index contributed by atoms with van der Waals surface area (Å²) in [5.74, 6) is 0.624. The SMILES string of the molecule is CCNCc1ccc(S(=O)(=O)N2CC(C)OCC2C)o1. The van der Waals surface area contributed by atoms with E-state index >= 15 is 0 Å². The molecule has 2 heterocycles. The minimum absolute atomic E-state index is 0.00588. The van der Waals surface area contributed by atoms with Gasteiger partial charge in [0.1, 0.15) is 5.76 Å². The summed E-state index contributed by atoms with van der Waals surface area (Å²) in [6.45, 7) is 7.79. The molecule has 1 fully saturated rings. The lowest BCUT2D eigenvalue weighted by Crippen LogP contribution is -2.49. The monoisotopic (exact) mass is 302 g/mol. The molecule has 2 atom stereocenters. The Morgan fingerprint density at radius 2 is 2.15 bits per heavy atom. The second kappa shape index (κ2) is 6.26. The van der Waals surface area contributed by atoms with Gasteiger partial charge in [0.05, 0.1) is 19.3 Å². The molecule has 0 aliphatic carbocycles. The Balaban J connectivity index is 2.18. The first-order chi connectivity index (χ1) is 9.45. The molecule has 0 bridgehead atoms. The molecular weight excluding hydrogens is 280 g/mol. The second-order valence-electron chi connectivity index (χ2n) is 5.07. The van der Waals surface area contributed by atoms with Gasteiger partial charge >= 0.3 is 0 Å². The molecule has 20 heavy (non-hydrogen) atoms. The second-order valence-corrected chi connectivity index (χ2v) is 6.89. The van der Waals surface area contributed by atoms with Crippen molar-refractivity contribution in [3.63, 3.8) is 0 Å². The topological polar surface area (TPSA) is 71.8 Å². The van der Waals surface area contributed by atoms with Gasteiger partial charge < -0.3 is 14.5 Å². The van der Waals surface area contributed by atoms with Crippen LogP contribution in [0.5, 0.6) is 0 Å². The average molecular weight is 302 g/mol. The Morgan fingerprint density at radius 1 is 1.40 bits per heavy atom. The van der Waals surface area contributed by atoms with Crippen molar-refractivity contribution in [1.29, 1.82) is 0 Å². The number of hydrogen-bond acceptors (Lipinski definition) is 5. The summed E-state index contributed by atoms with van der Waals surface area (Å²) in [6.07, 6.45) is -0.0998. The third-order valence-corrected chi connectivity index (χ3v) is 5.15. The van der Waals surface area contributed by atoms with E-state index in [1.165, 1.54) is 10.4 Å². The zero-order valence-corrected chi connectivity index (χ0v) is 12.9. The van der Waals surface area contributed by atoms with Gasteiger partial charge in [-0.25, -0.2) is 8.42 Å². The van der Waals surface area contributed by atoms with Crippen molar-refractivity contribution >= 4 is 10.0 Å². The van der Waals surface area contributed by atoms with Crippen molar-refractivity contribution in [1.82, 2.24) is 9.62 Å². The van der Waals surface area contributed by atoms with Gasteiger partial charge in [0.25, 0.3) is 10.0 Å². The molecule has 114 valence electrons. The lowest BCUT2D eigenvalue weighted by molar-refractivity contribution is -0.0175. The van der Waals surface area contributed by atoms with Crippen LogP contribution in [0.4, 0.5) is 0 Å². The van der Waals surface area contributed by atoms with Crippen LogP contribution < -0.4 is 5.32 Å². The summed E-state index contributed by atoms with van der Waals surface area (Å²) in [4.78, 5) is 0. The Labute approximate surface area is 120 Å². The van der Waals surface area contributed by atoms with Crippen molar-refractivity contribution in [3.8, 4) is 0 Å². The molecule has 1 aliphatic rings. The number of nitrogens with zero attached hydrogens (tertiary/aromatic N) is 1. The van der Waals surface area contributed by atoms with Crippen LogP contribution in [-0.2, 0) is 21.3 Å². The Bertz CT molecular complexity index is 540. The molecule has 0 saturated carbocycles. The van der Waals surface area contributed by atoms with Gasteiger partial charge in [-0.3, -0.25) is 0 Å². The average Bonchev–Trinajstić information content (AvgIpc) is 2.88. The summed E-state index contributed by atoms with van der Waals surface area (Å²) in [5.41, 5.74) is 0. The van der Waals surface area contributed by atoms with E-state index in [9.17, 15) is 8.42 Å². The van der Waals surface area contributed by atoms with E-state index in [1.807, 2.05) is 20.8 Å². The van der Waals surface area contributed by atoms with Crippen molar-refractivity contribution in [3.05, 3.63) is 17.9 Å². The maximum Gasteiger partial charge on any atom is 0.276 e. The first kappa shape index (κ1) is 15.5. The van der Waals surface area contributed by atoms with E-state index < -0.39 is 10.0 Å². The highest BCUT2D eigenvalue weighted by Gasteiger charge is 2.35. The van der Waals surface area contributed by atoms with E-state index in [4.69, 9.17) is 9.15 Å². The molecule has 1 N–H and O–H groups in total. The van der Waals surface area contributed by atoms with Crippen molar-refractivity contribution in [2.45, 2.75) is 44.6 Å². The largest absolute Gasteiger partial charge is 0.447 e. The molecule has 1 aromatic rings. The number of nitrogens with one attached hydrogen (secondary N) is 1. The van der Waals surface area contributed by atoms with Gasteiger partial charge in [-0.05, 0) is 32.5 Å². The number of ether oxygens (including phenoxy) is 1. The van der Waals surface area contributed by atoms with Gasteiger partial charge in [-0.15, -0.1) is 0 Å². The van der Waals surface area contributed by atoms with E-state index in [2.05, 4.69) is 5.32 Å². The number of rotatable bonds is 5. The van der Waals surface area contributed by atoms with Crippen molar-refractivity contribution in [2.24, 2.45) is 0 Å². The van der Waals surface area contributed by atoms with E-state index in [0.29, 0.717) is 25.5 Å². The molecule has 0 amide bonds. The molecule has 6 nitrogen and oxygen atoms in total. The number of furan rings is 1. The van der Waals surface area contributed by atoms with Crippen molar-refractivity contribution in [2.75, 3.05) is 19.7 Å². The van der Waals surface area contributed by atoms with Gasteiger partial charge in [0, 0.05) is 12.6 Å². The molecule has 1 aromatic heterocycles. The minimum Gasteiger partial charge on any atom is -0.447 e. The molecule has 0 aromatic carbocycles. The predicted molar refractivity (Wildman–Crippen MR) is 74.9 cm³/mol. The highest BCUT2D eigenvalue weighted by Crippen LogP contribution is 2.24. The molecule has 1 aliphatic heterocycles. The maximum absolute atomic E-state index is 12.6. The van der Waals surface area contributed by atoms with Crippen LogP contribution in [0.2, 0.25) is 0 Å². The fraction of sp³-hybridized carbons (Fsp3) is 0.692. The lowest BCUT2D eigenvalue weighted by Gasteiger charge is -2.34. The quantitative estimate of drug-likeness (QED) is 0.884. The summed E-state index contributed by atoms with van der Waals surface area (Å²) >= 11 is 0. The molecule has 2 rings (SSSR count). The third-order valence-electron chi connectivity index (χ3n) is 3.30. The standard InChI is InChI=1S/C13H22N2O4S/c1-4-14-7-12-5-6-13(19-12)20(16,17)15-8-11(3)18-9-10(15)2/h5-6,10-11,14H,4,7-9H2,1-3H3. The van der Waals surface area contributed by atoms with Crippen LogP contribution in [0.3, 0.4) is 0 Å². The Hall–Kier alpha value is -0.890. The number of hydrogen-bond donors (Lipinski definition) is 1. The van der Waals surface area contributed by atoms with Gasteiger partial charge in [0.15, 0.2) is 0 Å². The van der Waals surface area contributed by atoms with Crippen LogP contribution >= 0.6 is 0 Å². The summed E-state index contributed by atoms with van der Waals surface area (Å²) in [7, 11) is -3.59. The molecule has 7 heteroatoms. The van der Waals surface area contributed by atoms with Crippen LogP contribution in [0.1, 0.15) is 26.5 Å². The first-order valence-electron chi connectivity index (χ1n) is 6.88. The molecule has 2 unspecified atom stereocenters. The minimum atomic E-state index is -3.59. The van der Waals surface area contributed by atoms with Crippen LogP contribution in [0, 0.1) is 0 Å². The normalized spacial score (nSPS) is 24.9. The zero-order chi connectivity index (χ0) is 14.8. The maximum atomic E-state index is 12.6. The summed E-state index contributed by atoms with van der Waals surface area (Å²) in [6, 6.07) is 3.04. The Kier molecular flexibility index (Phi) is 4.85. The van der Waals surface area contributed by atoms with Crippen LogP contribution in [0.15, 0.2) is 21.6 Å². The molecule has 1 saturated heterocycles. The fourth-order valence-corrected chi connectivity index (χ4v) is 3.79. The van der Waals surface area contributed by atoms with Crippen molar-refractivity contribution < 1.29 is 17.6 Å². The molecule has 0 radical (unpaired) electrons. The van der Waals surface area contributed by atoms with Gasteiger partial charge in [-0.2, -0.15) is 4.31 Å². The van der Waals surface area contributed by atoms with Gasteiger partial charge in [0.2, 0.25) is 5.09 Å². The third kappa shape index (κ3) is 3.22. The highest BCUT2D eigenvalue weighted by atomic mass is 32.2. The highest BCUT2D eigenvalue weighted by molar-refractivity contribution is 7.89. The van der Waals surface area contributed by atoms with Gasteiger partial charge in [-0.1, -0.05) is 6.92 Å². The number of sulfonamides is 1. The fourth-order valence-electron chi connectivity index (χ4n) is 2.16. The molecular formula is C13H22N2O4S. The van der Waals surface area contributed by atoms with E-state index in [0.717, 1.165) is 6.54 Å².